The van der Waals surface area contributed by atoms with E-state index in [0.29, 0.717) is 19.6 Å². The van der Waals surface area contributed by atoms with Gasteiger partial charge in [0.1, 0.15) is 5.82 Å². The Morgan fingerprint density at radius 1 is 1.21 bits per heavy atom. The molecular weight excluding hydrogens is 309 g/mol. The van der Waals surface area contributed by atoms with E-state index in [-0.39, 0.29) is 23.2 Å². The summed E-state index contributed by atoms with van der Waals surface area (Å²) in [6, 6.07) is 9.36. The zero-order valence-corrected chi connectivity index (χ0v) is 13.2. The van der Waals surface area contributed by atoms with Gasteiger partial charge in [-0.05, 0) is 36.6 Å². The molecule has 0 spiro atoms. The van der Waals surface area contributed by atoms with Crippen molar-refractivity contribution in [3.8, 4) is 0 Å². The fourth-order valence-electron chi connectivity index (χ4n) is 3.44. The number of rotatable bonds is 4. The Morgan fingerprint density at radius 2 is 1.92 bits per heavy atom. The van der Waals surface area contributed by atoms with Gasteiger partial charge in [0.25, 0.3) is 5.56 Å². The summed E-state index contributed by atoms with van der Waals surface area (Å²) in [5.74, 6) is 0.0936. The Labute approximate surface area is 138 Å². The molecule has 1 saturated heterocycles. The summed E-state index contributed by atoms with van der Waals surface area (Å²) in [5.41, 5.74) is 0.325. The highest BCUT2D eigenvalue weighted by Crippen LogP contribution is 2.50. The van der Waals surface area contributed by atoms with E-state index in [0.717, 1.165) is 18.4 Å². The van der Waals surface area contributed by atoms with E-state index in [1.165, 1.54) is 22.9 Å². The fourth-order valence-corrected chi connectivity index (χ4v) is 3.44. The van der Waals surface area contributed by atoms with Crippen LogP contribution in [-0.4, -0.2) is 33.7 Å². The lowest BCUT2D eigenvalue weighted by molar-refractivity contribution is -0.140. The van der Waals surface area contributed by atoms with Crippen LogP contribution in [0.25, 0.3) is 0 Å². The quantitative estimate of drug-likeness (QED) is 0.857. The molecule has 2 aliphatic rings. The monoisotopic (exact) mass is 327 g/mol. The number of hydrogen-bond donors (Lipinski definition) is 0. The molecule has 4 rings (SSSR count). The Balaban J connectivity index is 1.40. The second-order valence-electron chi connectivity index (χ2n) is 6.71. The van der Waals surface area contributed by atoms with Crippen molar-refractivity contribution >= 4 is 5.91 Å². The van der Waals surface area contributed by atoms with E-state index in [4.69, 9.17) is 0 Å². The molecule has 0 N–H and O–H groups in total. The molecule has 124 valence electrons. The van der Waals surface area contributed by atoms with E-state index in [1.807, 2.05) is 4.90 Å². The largest absolute Gasteiger partial charge is 0.341 e. The number of hydrogen-bond acceptors (Lipinski definition) is 3. The summed E-state index contributed by atoms with van der Waals surface area (Å²) < 4.78 is 14.5. The standard InChI is InChI=1S/C18H18FN3O2/c19-15-5-3-14(4-6-15)18(7-8-18)17(24)21-10-13(11-21)12-22-16(23)2-1-9-20-22/h1-6,9,13H,7-8,10-12H2. The molecule has 1 aliphatic carbocycles. The van der Waals surface area contributed by atoms with Gasteiger partial charge in [0.05, 0.1) is 12.0 Å². The summed E-state index contributed by atoms with van der Waals surface area (Å²) >= 11 is 0. The summed E-state index contributed by atoms with van der Waals surface area (Å²) in [6.07, 6.45) is 3.23. The Morgan fingerprint density at radius 3 is 2.54 bits per heavy atom. The van der Waals surface area contributed by atoms with Crippen molar-refractivity contribution < 1.29 is 9.18 Å². The Hall–Kier alpha value is -2.50. The molecule has 1 aromatic heterocycles. The van der Waals surface area contributed by atoms with Crippen molar-refractivity contribution in [2.75, 3.05) is 13.1 Å². The first kappa shape index (κ1) is 15.1. The third-order valence-corrected chi connectivity index (χ3v) is 5.02. The molecule has 1 aromatic carbocycles. The minimum absolute atomic E-state index is 0.118. The molecule has 24 heavy (non-hydrogen) atoms. The Kier molecular flexibility index (Phi) is 3.48. The van der Waals surface area contributed by atoms with Crippen LogP contribution in [0.3, 0.4) is 0 Å². The molecule has 2 aromatic rings. The summed E-state index contributed by atoms with van der Waals surface area (Å²) in [7, 11) is 0. The molecule has 1 aliphatic heterocycles. The van der Waals surface area contributed by atoms with Crippen LogP contribution in [0.15, 0.2) is 47.4 Å². The van der Waals surface area contributed by atoms with E-state index >= 15 is 0 Å². The smallest absolute Gasteiger partial charge is 0.266 e. The molecule has 2 fully saturated rings. The minimum atomic E-state index is -0.458. The van der Waals surface area contributed by atoms with E-state index in [2.05, 4.69) is 5.10 Å². The predicted molar refractivity (Wildman–Crippen MR) is 85.9 cm³/mol. The van der Waals surface area contributed by atoms with Crippen LogP contribution in [-0.2, 0) is 16.8 Å². The van der Waals surface area contributed by atoms with Gasteiger partial charge in [-0.15, -0.1) is 0 Å². The molecule has 2 heterocycles. The number of aromatic nitrogens is 2. The molecule has 1 saturated carbocycles. The third-order valence-electron chi connectivity index (χ3n) is 5.02. The first-order valence-corrected chi connectivity index (χ1v) is 8.16. The normalized spacial score (nSPS) is 19.0. The number of carbonyl (C=O) groups is 1. The van der Waals surface area contributed by atoms with Crippen LogP contribution in [0.4, 0.5) is 4.39 Å². The van der Waals surface area contributed by atoms with Crippen molar-refractivity contribution in [2.45, 2.75) is 24.8 Å². The molecule has 0 radical (unpaired) electrons. The summed E-state index contributed by atoms with van der Waals surface area (Å²) in [4.78, 5) is 26.3. The number of likely N-dealkylation sites (tertiary alicyclic amines) is 1. The molecule has 5 nitrogen and oxygen atoms in total. The van der Waals surface area contributed by atoms with Crippen LogP contribution in [0.1, 0.15) is 18.4 Å². The highest BCUT2D eigenvalue weighted by Gasteiger charge is 2.54. The Bertz CT molecular complexity index is 821. The maximum Gasteiger partial charge on any atom is 0.266 e. The van der Waals surface area contributed by atoms with Gasteiger partial charge in [0.15, 0.2) is 0 Å². The molecule has 0 atom stereocenters. The third kappa shape index (κ3) is 2.52. The predicted octanol–water partition coefficient (Wildman–Crippen LogP) is 1.57. The van der Waals surface area contributed by atoms with Gasteiger partial charge < -0.3 is 4.90 Å². The van der Waals surface area contributed by atoms with Crippen LogP contribution in [0.2, 0.25) is 0 Å². The number of carbonyl (C=O) groups excluding carboxylic acids is 1. The molecule has 0 bridgehead atoms. The van der Waals surface area contributed by atoms with Crippen molar-refractivity contribution in [1.29, 1.82) is 0 Å². The highest BCUT2D eigenvalue weighted by molar-refractivity contribution is 5.91. The van der Waals surface area contributed by atoms with Gasteiger partial charge in [0, 0.05) is 31.3 Å². The number of nitrogens with zero attached hydrogens (tertiary/aromatic N) is 3. The van der Waals surface area contributed by atoms with Crippen LogP contribution < -0.4 is 5.56 Å². The zero-order chi connectivity index (χ0) is 16.7. The van der Waals surface area contributed by atoms with Crippen LogP contribution >= 0.6 is 0 Å². The average Bonchev–Trinajstić information content (AvgIpc) is 3.34. The molecule has 1 amide bonds. The molecule has 0 unspecified atom stereocenters. The van der Waals surface area contributed by atoms with Crippen molar-refractivity contribution in [3.05, 3.63) is 64.3 Å². The SMILES string of the molecule is O=C(N1CC(Cn2ncccc2=O)C1)C1(c2ccc(F)cc2)CC1. The summed E-state index contributed by atoms with van der Waals surface area (Å²) in [5, 5.41) is 4.05. The van der Waals surface area contributed by atoms with Gasteiger partial charge >= 0.3 is 0 Å². The minimum Gasteiger partial charge on any atom is -0.341 e. The highest BCUT2D eigenvalue weighted by atomic mass is 19.1. The lowest BCUT2D eigenvalue weighted by Crippen LogP contribution is -2.55. The first-order valence-electron chi connectivity index (χ1n) is 8.16. The van der Waals surface area contributed by atoms with Crippen LogP contribution in [0, 0.1) is 11.7 Å². The van der Waals surface area contributed by atoms with Gasteiger partial charge in [-0.3, -0.25) is 9.59 Å². The van der Waals surface area contributed by atoms with Gasteiger partial charge in [-0.25, -0.2) is 9.07 Å². The molecule has 6 heteroatoms. The topological polar surface area (TPSA) is 55.2 Å². The first-order chi connectivity index (χ1) is 11.6. The van der Waals surface area contributed by atoms with Gasteiger partial charge in [-0.2, -0.15) is 5.10 Å². The van der Waals surface area contributed by atoms with E-state index in [1.54, 1.807) is 24.4 Å². The fraction of sp³-hybridized carbons (Fsp3) is 0.389. The van der Waals surface area contributed by atoms with Crippen LogP contribution in [0.5, 0.6) is 0 Å². The van der Waals surface area contributed by atoms with Gasteiger partial charge in [-0.1, -0.05) is 12.1 Å². The van der Waals surface area contributed by atoms with E-state index in [9.17, 15) is 14.0 Å². The number of benzene rings is 1. The lowest BCUT2D eigenvalue weighted by atomic mass is 9.90. The van der Waals surface area contributed by atoms with Gasteiger partial charge in [0.2, 0.25) is 5.91 Å². The van der Waals surface area contributed by atoms with E-state index < -0.39 is 5.41 Å². The van der Waals surface area contributed by atoms with Crippen molar-refractivity contribution in [2.24, 2.45) is 5.92 Å². The second kappa shape index (κ2) is 5.54. The lowest BCUT2D eigenvalue weighted by Gasteiger charge is -2.41. The average molecular weight is 327 g/mol. The zero-order valence-electron chi connectivity index (χ0n) is 13.2. The maximum atomic E-state index is 13.1. The number of halogens is 1. The second-order valence-corrected chi connectivity index (χ2v) is 6.71. The number of amides is 1. The molecular formula is C18H18FN3O2. The maximum absolute atomic E-state index is 13.1. The summed E-state index contributed by atoms with van der Waals surface area (Å²) in [6.45, 7) is 1.82. The van der Waals surface area contributed by atoms with Crippen molar-refractivity contribution in [3.63, 3.8) is 0 Å². The van der Waals surface area contributed by atoms with Crippen molar-refractivity contribution in [1.82, 2.24) is 14.7 Å².